The van der Waals surface area contributed by atoms with Crippen LogP contribution in [-0.4, -0.2) is 27.8 Å². The van der Waals surface area contributed by atoms with E-state index in [0.717, 1.165) is 0 Å². The monoisotopic (exact) mass is 455 g/mol. The Morgan fingerprint density at radius 1 is 1.23 bits per heavy atom. The van der Waals surface area contributed by atoms with Crippen LogP contribution in [0.1, 0.15) is 21.9 Å². The van der Waals surface area contributed by atoms with Gasteiger partial charge in [-0.15, -0.1) is 0 Å². The van der Waals surface area contributed by atoms with Gasteiger partial charge in [-0.2, -0.15) is 0 Å². The van der Waals surface area contributed by atoms with Crippen molar-refractivity contribution < 1.29 is 28.3 Å². The first kappa shape index (κ1) is 20.6. The lowest BCUT2D eigenvalue weighted by atomic mass is 10.1. The van der Waals surface area contributed by atoms with Gasteiger partial charge in [-0.25, -0.2) is 0 Å². The minimum Gasteiger partial charge on any atom is -0.545 e. The van der Waals surface area contributed by atoms with Crippen molar-refractivity contribution in [2.24, 2.45) is 0 Å². The molecule has 3 heterocycles. The van der Waals surface area contributed by atoms with Gasteiger partial charge < -0.3 is 18.7 Å². The minimum absolute atomic E-state index is 0.0281. The maximum atomic E-state index is 12.8. The lowest BCUT2D eigenvalue weighted by Crippen LogP contribution is -2.53. The second-order valence-corrected chi connectivity index (χ2v) is 7.27. The average Bonchev–Trinajstić information content (AvgIpc) is 3.40. The number of hydrogen-bond acceptors (Lipinski definition) is 7. The predicted molar refractivity (Wildman–Crippen MR) is 111 cm³/mol. The van der Waals surface area contributed by atoms with Crippen LogP contribution >= 0.6 is 23.8 Å². The van der Waals surface area contributed by atoms with Crippen molar-refractivity contribution in [1.29, 1.82) is 0 Å². The molecular weight excluding hydrogens is 444 g/mol. The highest BCUT2D eigenvalue weighted by atomic mass is 35.5. The first-order valence-electron chi connectivity index (χ1n) is 8.86. The SMILES string of the molecule is O=C1NC(=S)N(Cc2ccco2)C(=O)/C1=C\c1ccc(-c2ccc(Cl)c(C(=O)[O-])c2)o1. The summed E-state index contributed by atoms with van der Waals surface area (Å²) in [6.07, 6.45) is 2.75. The van der Waals surface area contributed by atoms with Crippen molar-refractivity contribution in [2.75, 3.05) is 0 Å². The number of hydrogen-bond donors (Lipinski definition) is 1. The van der Waals surface area contributed by atoms with Crippen molar-refractivity contribution in [1.82, 2.24) is 10.2 Å². The van der Waals surface area contributed by atoms with Crippen LogP contribution < -0.4 is 10.4 Å². The zero-order valence-electron chi connectivity index (χ0n) is 15.6. The molecule has 0 bridgehead atoms. The molecule has 2 amide bonds. The molecule has 1 aromatic carbocycles. The summed E-state index contributed by atoms with van der Waals surface area (Å²) in [5, 5.41) is 13.7. The average molecular weight is 456 g/mol. The van der Waals surface area contributed by atoms with Gasteiger partial charge in [-0.05, 0) is 60.8 Å². The standard InChI is InChI=1S/C21H13ClN2O6S/c22-16-5-3-11(8-14(16)20(27)28)17-6-4-12(30-17)9-15-18(25)23-21(31)24(19(15)26)10-13-2-1-7-29-13/h1-9H,10H2,(H,27,28)(H,23,25,31)/p-1/b15-9-. The number of aromatic carboxylic acids is 1. The molecule has 31 heavy (non-hydrogen) atoms. The Morgan fingerprint density at radius 2 is 2.03 bits per heavy atom. The van der Waals surface area contributed by atoms with E-state index in [4.69, 9.17) is 32.7 Å². The number of thiocarbonyl (C=S) groups is 1. The third kappa shape index (κ3) is 4.14. The fourth-order valence-electron chi connectivity index (χ4n) is 2.96. The number of amides is 2. The molecule has 0 aliphatic carbocycles. The van der Waals surface area contributed by atoms with Gasteiger partial charge in [0.05, 0.1) is 18.8 Å². The summed E-state index contributed by atoms with van der Waals surface area (Å²) in [6, 6.07) is 10.8. The third-order valence-corrected chi connectivity index (χ3v) is 5.12. The molecule has 0 atom stereocenters. The molecule has 0 radical (unpaired) electrons. The lowest BCUT2D eigenvalue weighted by molar-refractivity contribution is -0.255. The molecule has 0 unspecified atom stereocenters. The fourth-order valence-corrected chi connectivity index (χ4v) is 3.39. The maximum absolute atomic E-state index is 12.8. The molecule has 0 spiro atoms. The van der Waals surface area contributed by atoms with Crippen LogP contribution in [0.15, 0.2) is 63.1 Å². The van der Waals surface area contributed by atoms with E-state index in [9.17, 15) is 19.5 Å². The first-order valence-corrected chi connectivity index (χ1v) is 9.64. The smallest absolute Gasteiger partial charge is 0.266 e. The van der Waals surface area contributed by atoms with Crippen molar-refractivity contribution in [3.05, 3.63) is 76.4 Å². The van der Waals surface area contributed by atoms with E-state index >= 15 is 0 Å². The number of rotatable bonds is 5. The van der Waals surface area contributed by atoms with Crippen molar-refractivity contribution >= 4 is 52.8 Å². The molecule has 8 nitrogen and oxygen atoms in total. The van der Waals surface area contributed by atoms with Gasteiger partial charge in [0.15, 0.2) is 5.11 Å². The number of carboxylic acid groups (broad SMARTS) is 1. The van der Waals surface area contributed by atoms with Crippen molar-refractivity contribution in [3.8, 4) is 11.3 Å². The number of nitrogens with one attached hydrogen (secondary N) is 1. The molecule has 1 aliphatic heterocycles. The molecule has 156 valence electrons. The Hall–Kier alpha value is -3.69. The van der Waals surface area contributed by atoms with E-state index in [-0.39, 0.29) is 33.6 Å². The number of carboxylic acids is 1. The van der Waals surface area contributed by atoms with Crippen LogP contribution in [0.3, 0.4) is 0 Å². The van der Waals surface area contributed by atoms with Gasteiger partial charge >= 0.3 is 0 Å². The first-order chi connectivity index (χ1) is 14.8. The molecule has 3 aromatic rings. The van der Waals surface area contributed by atoms with E-state index in [2.05, 4.69) is 5.32 Å². The maximum Gasteiger partial charge on any atom is 0.266 e. The number of benzene rings is 1. The number of furan rings is 2. The Labute approximate surface area is 185 Å². The van der Waals surface area contributed by atoms with Gasteiger partial charge in [0.25, 0.3) is 11.8 Å². The minimum atomic E-state index is -1.42. The van der Waals surface area contributed by atoms with Crippen LogP contribution in [0.4, 0.5) is 0 Å². The molecule has 2 aromatic heterocycles. The van der Waals surface area contributed by atoms with E-state index in [0.29, 0.717) is 17.1 Å². The summed E-state index contributed by atoms with van der Waals surface area (Å²) in [4.78, 5) is 37.6. The second-order valence-electron chi connectivity index (χ2n) is 6.47. The molecule has 1 aliphatic rings. The summed E-state index contributed by atoms with van der Waals surface area (Å²) in [5.41, 5.74) is 0.0836. The van der Waals surface area contributed by atoms with Crippen LogP contribution in [0, 0.1) is 0 Å². The Bertz CT molecular complexity index is 1240. The summed E-state index contributed by atoms with van der Waals surface area (Å²) < 4.78 is 10.9. The Balaban J connectivity index is 1.62. The topological polar surface area (TPSA) is 116 Å². The van der Waals surface area contributed by atoms with Gasteiger partial charge in [0.2, 0.25) is 0 Å². The zero-order valence-corrected chi connectivity index (χ0v) is 17.2. The molecule has 0 saturated carbocycles. The number of nitrogens with zero attached hydrogens (tertiary/aromatic N) is 1. The van der Waals surface area contributed by atoms with Gasteiger partial charge in [-0.3, -0.25) is 19.8 Å². The van der Waals surface area contributed by atoms with Crippen LogP contribution in [0.2, 0.25) is 5.02 Å². The molecule has 10 heteroatoms. The largest absolute Gasteiger partial charge is 0.545 e. The molecular formula is C21H12ClN2O6S-. The highest BCUT2D eigenvalue weighted by molar-refractivity contribution is 7.80. The highest BCUT2D eigenvalue weighted by Gasteiger charge is 2.34. The number of carbonyl (C=O) groups is 3. The summed E-state index contributed by atoms with van der Waals surface area (Å²) >= 11 is 11.0. The zero-order chi connectivity index (χ0) is 22.1. The van der Waals surface area contributed by atoms with Gasteiger partial charge in [-0.1, -0.05) is 11.6 Å². The molecule has 4 rings (SSSR count). The lowest BCUT2D eigenvalue weighted by Gasteiger charge is -2.27. The van der Waals surface area contributed by atoms with Gasteiger partial charge in [0, 0.05) is 16.1 Å². The van der Waals surface area contributed by atoms with Crippen LogP contribution in [-0.2, 0) is 16.1 Å². The summed E-state index contributed by atoms with van der Waals surface area (Å²) in [6.45, 7) is 0.0580. The second kappa shape index (κ2) is 8.21. The predicted octanol–water partition coefficient (Wildman–Crippen LogP) is 2.38. The Morgan fingerprint density at radius 3 is 2.74 bits per heavy atom. The van der Waals surface area contributed by atoms with Crippen molar-refractivity contribution in [2.45, 2.75) is 6.54 Å². The number of halogens is 1. The third-order valence-electron chi connectivity index (χ3n) is 4.46. The summed E-state index contributed by atoms with van der Waals surface area (Å²) in [5.74, 6) is -1.65. The van der Waals surface area contributed by atoms with Crippen molar-refractivity contribution in [3.63, 3.8) is 0 Å². The summed E-state index contributed by atoms with van der Waals surface area (Å²) in [7, 11) is 0. The van der Waals surface area contributed by atoms with E-state index in [1.54, 1.807) is 30.3 Å². The fraction of sp³-hybridized carbons (Fsp3) is 0.0476. The highest BCUT2D eigenvalue weighted by Crippen LogP contribution is 2.28. The van der Waals surface area contributed by atoms with Crippen LogP contribution in [0.5, 0.6) is 0 Å². The molecule has 1 fully saturated rings. The van der Waals surface area contributed by atoms with E-state index in [1.165, 1.54) is 29.4 Å². The molecule has 1 saturated heterocycles. The van der Waals surface area contributed by atoms with Gasteiger partial charge in [0.1, 0.15) is 22.9 Å². The van der Waals surface area contributed by atoms with E-state index < -0.39 is 17.8 Å². The quantitative estimate of drug-likeness (QED) is 0.356. The number of carbonyl (C=O) groups excluding carboxylic acids is 3. The Kier molecular flexibility index (Phi) is 5.45. The van der Waals surface area contributed by atoms with E-state index in [1.807, 2.05) is 0 Å². The normalized spacial score (nSPS) is 15.5. The van der Waals surface area contributed by atoms with Crippen LogP contribution in [0.25, 0.3) is 17.4 Å². The molecule has 1 N–H and O–H groups in total.